The summed E-state index contributed by atoms with van der Waals surface area (Å²) < 4.78 is 0. The zero-order valence-corrected chi connectivity index (χ0v) is 11.9. The number of benzene rings is 2. The van der Waals surface area contributed by atoms with Crippen molar-refractivity contribution in [1.82, 2.24) is 0 Å². The molecule has 0 spiro atoms. The van der Waals surface area contributed by atoms with Gasteiger partial charge in [-0.25, -0.2) is 4.99 Å². The maximum absolute atomic E-state index is 4.17. The van der Waals surface area contributed by atoms with Gasteiger partial charge in [0.05, 0.1) is 11.7 Å². The van der Waals surface area contributed by atoms with Crippen LogP contribution in [0.2, 0.25) is 0 Å². The molecule has 0 fully saturated rings. The number of hydrogen-bond acceptors (Lipinski definition) is 2. The average Bonchev–Trinajstić information content (AvgIpc) is 2.40. The molecule has 2 rings (SSSR count). The topological polar surface area (TPSA) is 24.7 Å². The highest BCUT2D eigenvalue weighted by molar-refractivity contribution is 5.69. The lowest BCUT2D eigenvalue weighted by atomic mass is 9.99. The van der Waals surface area contributed by atoms with Crippen LogP contribution in [-0.2, 0) is 0 Å². The molecule has 0 unspecified atom stereocenters. The van der Waals surface area contributed by atoms with E-state index in [9.17, 15) is 0 Å². The third-order valence-electron chi connectivity index (χ3n) is 3.31. The van der Waals surface area contributed by atoms with Crippen LogP contribution < -0.4 is 0 Å². The van der Waals surface area contributed by atoms with Gasteiger partial charge in [-0.3, -0.25) is 0 Å². The van der Waals surface area contributed by atoms with E-state index in [0.29, 0.717) is 0 Å². The predicted octanol–water partition coefficient (Wildman–Crippen LogP) is 4.71. The number of aryl methyl sites for hydroxylation is 3. The number of hydrogen-bond donors (Lipinski definition) is 0. The summed E-state index contributed by atoms with van der Waals surface area (Å²) in [7, 11) is 1.67. The third-order valence-corrected chi connectivity index (χ3v) is 3.31. The Bertz CT molecular complexity index is 663. The van der Waals surface area contributed by atoms with Gasteiger partial charge in [0.15, 0.2) is 0 Å². The maximum atomic E-state index is 4.17. The fraction of sp³-hybridized carbons (Fsp3) is 0.235. The summed E-state index contributed by atoms with van der Waals surface area (Å²) in [5, 5.41) is 0. The third kappa shape index (κ3) is 2.98. The Morgan fingerprint density at radius 1 is 0.789 bits per heavy atom. The second-order valence-electron chi connectivity index (χ2n) is 4.74. The Balaban J connectivity index is 2.44. The van der Waals surface area contributed by atoms with E-state index in [1.807, 2.05) is 6.07 Å². The van der Waals surface area contributed by atoms with Crippen molar-refractivity contribution in [3.8, 4) is 11.1 Å². The summed E-state index contributed by atoms with van der Waals surface area (Å²) in [4.78, 5) is 7.93. The van der Waals surface area contributed by atoms with E-state index >= 15 is 0 Å². The van der Waals surface area contributed by atoms with Crippen LogP contribution in [0.15, 0.2) is 46.4 Å². The monoisotopic (exact) mass is 250 g/mol. The van der Waals surface area contributed by atoms with Gasteiger partial charge in [-0.05, 0) is 60.7 Å². The Kier molecular flexibility index (Phi) is 3.94. The molecule has 0 radical (unpaired) electrons. The highest BCUT2D eigenvalue weighted by Gasteiger charge is 2.02. The van der Waals surface area contributed by atoms with Crippen LogP contribution in [-0.4, -0.2) is 13.1 Å². The molecular formula is C17H18N2. The summed E-state index contributed by atoms with van der Waals surface area (Å²) in [5.41, 5.74) is 7.14. The molecular weight excluding hydrogens is 232 g/mol. The van der Waals surface area contributed by atoms with Crippen molar-refractivity contribution >= 4 is 11.7 Å². The average molecular weight is 250 g/mol. The zero-order chi connectivity index (χ0) is 13.8. The van der Waals surface area contributed by atoms with Crippen LogP contribution in [0.4, 0.5) is 5.69 Å². The molecule has 0 heterocycles. The van der Waals surface area contributed by atoms with Crippen LogP contribution in [0.25, 0.3) is 11.1 Å². The van der Waals surface area contributed by atoms with E-state index < -0.39 is 0 Å². The van der Waals surface area contributed by atoms with Crippen molar-refractivity contribution in [2.75, 3.05) is 7.05 Å². The Hall–Kier alpha value is -2.18. The van der Waals surface area contributed by atoms with Crippen LogP contribution in [0.3, 0.4) is 0 Å². The molecule has 2 aromatic carbocycles. The predicted molar refractivity (Wildman–Crippen MR) is 81.5 cm³/mol. The van der Waals surface area contributed by atoms with Crippen molar-refractivity contribution in [3.05, 3.63) is 53.1 Å². The summed E-state index contributed by atoms with van der Waals surface area (Å²) >= 11 is 0. The van der Waals surface area contributed by atoms with E-state index in [2.05, 4.69) is 67.1 Å². The number of nitrogens with zero attached hydrogens (tertiary/aromatic N) is 2. The first kappa shape index (κ1) is 13.3. The summed E-state index contributed by atoms with van der Waals surface area (Å²) in [6, 6.07) is 15.4. The van der Waals surface area contributed by atoms with Crippen LogP contribution in [0.1, 0.15) is 16.7 Å². The smallest absolute Gasteiger partial charge is 0.0946 e. The first-order valence-electron chi connectivity index (χ1n) is 6.34. The Labute approximate surface area is 114 Å². The molecule has 0 aliphatic carbocycles. The van der Waals surface area contributed by atoms with Gasteiger partial charge in [0.1, 0.15) is 0 Å². The Morgan fingerprint density at radius 2 is 1.42 bits per heavy atom. The maximum Gasteiger partial charge on any atom is 0.0946 e. The molecule has 0 N–H and O–H groups in total. The first-order valence-corrected chi connectivity index (χ1v) is 6.34. The highest BCUT2D eigenvalue weighted by atomic mass is 14.8. The second-order valence-corrected chi connectivity index (χ2v) is 4.74. The number of aliphatic imine (C=N–C) groups is 2. The molecule has 2 nitrogen and oxygen atoms in total. The molecule has 2 heteroatoms. The fourth-order valence-electron chi connectivity index (χ4n) is 1.99. The number of rotatable bonds is 2. The molecule has 0 bridgehead atoms. The minimum atomic E-state index is 0.915. The van der Waals surface area contributed by atoms with Gasteiger partial charge >= 0.3 is 0 Å². The first-order chi connectivity index (χ1) is 9.11. The minimum Gasteiger partial charge on any atom is -0.229 e. The van der Waals surface area contributed by atoms with Crippen molar-refractivity contribution in [2.45, 2.75) is 20.8 Å². The lowest BCUT2D eigenvalue weighted by molar-refractivity contribution is 1.34. The molecule has 19 heavy (non-hydrogen) atoms. The van der Waals surface area contributed by atoms with Crippen molar-refractivity contribution < 1.29 is 0 Å². The van der Waals surface area contributed by atoms with Gasteiger partial charge in [0, 0.05) is 7.05 Å². The molecule has 0 atom stereocenters. The van der Waals surface area contributed by atoms with Crippen molar-refractivity contribution in [2.24, 2.45) is 9.98 Å². The molecule has 0 amide bonds. The molecule has 0 saturated carbocycles. The normalized spacial score (nSPS) is 9.89. The summed E-state index contributed by atoms with van der Waals surface area (Å²) in [6.07, 6.45) is 0. The SMILES string of the molecule is CN=C=Nc1ccc(-c2ccc(C)c(C)c2)cc1C. The lowest BCUT2D eigenvalue weighted by Gasteiger charge is -2.07. The second kappa shape index (κ2) is 5.64. The Morgan fingerprint density at radius 3 is 2.00 bits per heavy atom. The molecule has 0 aliphatic rings. The van der Waals surface area contributed by atoms with E-state index in [1.165, 1.54) is 22.3 Å². The van der Waals surface area contributed by atoms with Gasteiger partial charge in [-0.2, -0.15) is 4.99 Å². The molecule has 0 aromatic heterocycles. The van der Waals surface area contributed by atoms with E-state index in [1.54, 1.807) is 7.05 Å². The van der Waals surface area contributed by atoms with Gasteiger partial charge < -0.3 is 0 Å². The van der Waals surface area contributed by atoms with Gasteiger partial charge in [0.25, 0.3) is 0 Å². The van der Waals surface area contributed by atoms with Crippen LogP contribution >= 0.6 is 0 Å². The van der Waals surface area contributed by atoms with Crippen molar-refractivity contribution in [3.63, 3.8) is 0 Å². The van der Waals surface area contributed by atoms with Crippen molar-refractivity contribution in [1.29, 1.82) is 0 Å². The summed E-state index contributed by atoms with van der Waals surface area (Å²) in [6.45, 7) is 6.33. The quantitative estimate of drug-likeness (QED) is 0.689. The van der Waals surface area contributed by atoms with E-state index in [-0.39, 0.29) is 0 Å². The molecule has 0 saturated heterocycles. The van der Waals surface area contributed by atoms with Gasteiger partial charge in [-0.15, -0.1) is 0 Å². The molecule has 96 valence electrons. The summed E-state index contributed by atoms with van der Waals surface area (Å²) in [5.74, 6) is 0. The van der Waals surface area contributed by atoms with Gasteiger partial charge in [-0.1, -0.05) is 24.3 Å². The van der Waals surface area contributed by atoms with E-state index in [0.717, 1.165) is 11.3 Å². The lowest BCUT2D eigenvalue weighted by Crippen LogP contribution is -1.84. The molecule has 2 aromatic rings. The zero-order valence-electron chi connectivity index (χ0n) is 11.9. The standard InChI is InChI=1S/C17H18N2/c1-12-5-6-15(9-13(12)2)16-7-8-17(14(3)10-16)19-11-18-4/h5-10H,1-4H3. The largest absolute Gasteiger partial charge is 0.229 e. The minimum absolute atomic E-state index is 0.915. The highest BCUT2D eigenvalue weighted by Crippen LogP contribution is 2.27. The fourth-order valence-corrected chi connectivity index (χ4v) is 1.99. The van der Waals surface area contributed by atoms with Gasteiger partial charge in [0.2, 0.25) is 0 Å². The van der Waals surface area contributed by atoms with Crippen LogP contribution in [0.5, 0.6) is 0 Å². The molecule has 0 aliphatic heterocycles. The van der Waals surface area contributed by atoms with E-state index in [4.69, 9.17) is 0 Å². The van der Waals surface area contributed by atoms with Crippen LogP contribution in [0, 0.1) is 20.8 Å².